The molecule has 1 aromatic rings. The van der Waals surface area contributed by atoms with Crippen LogP contribution >= 0.6 is 0 Å². The van der Waals surface area contributed by atoms with E-state index in [9.17, 15) is 8.78 Å². The Bertz CT molecular complexity index is 397. The molecule has 0 radical (unpaired) electrons. The Morgan fingerprint density at radius 1 is 1.26 bits per heavy atom. The average molecular weight is 273 g/mol. The van der Waals surface area contributed by atoms with Gasteiger partial charge < -0.3 is 14.8 Å². The zero-order valence-electron chi connectivity index (χ0n) is 11.7. The Morgan fingerprint density at radius 3 is 2.42 bits per heavy atom. The SMILES string of the molecule is CCC(Nc1cc(OC)ccc1OC(F)F)C(C)C. The summed E-state index contributed by atoms with van der Waals surface area (Å²) in [6, 6.07) is 4.94. The lowest BCUT2D eigenvalue weighted by atomic mass is 10.0. The lowest BCUT2D eigenvalue weighted by molar-refractivity contribution is -0.0494. The van der Waals surface area contributed by atoms with Crippen molar-refractivity contribution in [2.45, 2.75) is 39.8 Å². The summed E-state index contributed by atoms with van der Waals surface area (Å²) < 4.78 is 34.4. The van der Waals surface area contributed by atoms with Gasteiger partial charge in [-0.2, -0.15) is 8.78 Å². The molecule has 0 spiro atoms. The van der Waals surface area contributed by atoms with Crippen molar-refractivity contribution < 1.29 is 18.3 Å². The fourth-order valence-corrected chi connectivity index (χ4v) is 1.89. The summed E-state index contributed by atoms with van der Waals surface area (Å²) in [7, 11) is 1.53. The van der Waals surface area contributed by atoms with Gasteiger partial charge in [0.25, 0.3) is 0 Å². The third kappa shape index (κ3) is 4.58. The summed E-state index contributed by atoms with van der Waals surface area (Å²) in [6.07, 6.45) is 0.892. The molecule has 0 fully saturated rings. The molecule has 5 heteroatoms. The predicted molar refractivity (Wildman–Crippen MR) is 72.2 cm³/mol. The van der Waals surface area contributed by atoms with Gasteiger partial charge in [0.2, 0.25) is 0 Å². The minimum Gasteiger partial charge on any atom is -0.497 e. The average Bonchev–Trinajstić information content (AvgIpc) is 2.36. The molecule has 0 heterocycles. The molecule has 1 rings (SSSR count). The summed E-state index contributed by atoms with van der Waals surface area (Å²) in [4.78, 5) is 0. The second-order valence-corrected chi connectivity index (χ2v) is 4.64. The van der Waals surface area contributed by atoms with E-state index in [0.717, 1.165) is 6.42 Å². The minimum absolute atomic E-state index is 0.134. The van der Waals surface area contributed by atoms with E-state index in [1.54, 1.807) is 12.1 Å². The van der Waals surface area contributed by atoms with Crippen LogP contribution < -0.4 is 14.8 Å². The Labute approximate surface area is 112 Å². The van der Waals surface area contributed by atoms with Crippen molar-refractivity contribution in [1.82, 2.24) is 0 Å². The van der Waals surface area contributed by atoms with Crippen LogP contribution in [0.15, 0.2) is 18.2 Å². The molecule has 19 heavy (non-hydrogen) atoms. The van der Waals surface area contributed by atoms with E-state index in [-0.39, 0.29) is 11.8 Å². The monoisotopic (exact) mass is 273 g/mol. The van der Waals surface area contributed by atoms with E-state index in [2.05, 4.69) is 23.9 Å². The highest BCUT2D eigenvalue weighted by Gasteiger charge is 2.16. The summed E-state index contributed by atoms with van der Waals surface area (Å²) >= 11 is 0. The Hall–Kier alpha value is -1.52. The van der Waals surface area contributed by atoms with Crippen molar-refractivity contribution in [2.24, 2.45) is 5.92 Å². The van der Waals surface area contributed by atoms with Crippen LogP contribution in [0.1, 0.15) is 27.2 Å². The predicted octanol–water partition coefficient (Wildman–Crippen LogP) is 4.14. The Morgan fingerprint density at radius 2 is 1.95 bits per heavy atom. The van der Waals surface area contributed by atoms with E-state index >= 15 is 0 Å². The number of benzene rings is 1. The topological polar surface area (TPSA) is 30.5 Å². The number of methoxy groups -OCH3 is 1. The Balaban J connectivity index is 2.99. The Kier molecular flexibility index (Phi) is 5.86. The van der Waals surface area contributed by atoms with Crippen LogP contribution in [0.4, 0.5) is 14.5 Å². The first-order valence-electron chi connectivity index (χ1n) is 6.37. The van der Waals surface area contributed by atoms with Crippen molar-refractivity contribution in [1.29, 1.82) is 0 Å². The van der Waals surface area contributed by atoms with Crippen LogP contribution in [-0.2, 0) is 0 Å². The standard InChI is InChI=1S/C14H21F2NO2/c1-5-11(9(2)3)17-12-8-10(18-4)6-7-13(12)19-14(15)16/h6-9,11,14,17H,5H2,1-4H3. The summed E-state index contributed by atoms with van der Waals surface area (Å²) in [5.74, 6) is 1.12. The molecule has 0 aliphatic heterocycles. The highest BCUT2D eigenvalue weighted by molar-refractivity contribution is 5.60. The van der Waals surface area contributed by atoms with Gasteiger partial charge >= 0.3 is 6.61 Å². The number of halogens is 2. The molecule has 108 valence electrons. The van der Waals surface area contributed by atoms with Gasteiger partial charge in [-0.3, -0.25) is 0 Å². The number of nitrogens with one attached hydrogen (secondary N) is 1. The van der Waals surface area contributed by atoms with Crippen molar-refractivity contribution in [3.05, 3.63) is 18.2 Å². The maximum atomic E-state index is 12.4. The summed E-state index contributed by atoms with van der Waals surface area (Å²) in [5.41, 5.74) is 0.528. The van der Waals surface area contributed by atoms with Gasteiger partial charge in [-0.1, -0.05) is 20.8 Å². The number of rotatable bonds is 7. The van der Waals surface area contributed by atoms with Crippen LogP contribution in [-0.4, -0.2) is 19.8 Å². The largest absolute Gasteiger partial charge is 0.497 e. The van der Waals surface area contributed by atoms with E-state index in [0.29, 0.717) is 17.4 Å². The lowest BCUT2D eigenvalue weighted by Crippen LogP contribution is -2.25. The molecule has 0 saturated carbocycles. The zero-order chi connectivity index (χ0) is 14.4. The van der Waals surface area contributed by atoms with Gasteiger partial charge in [-0.15, -0.1) is 0 Å². The molecule has 0 aliphatic carbocycles. The third-order valence-electron chi connectivity index (χ3n) is 2.99. The second kappa shape index (κ2) is 7.16. The molecular formula is C14H21F2NO2. The molecule has 1 atom stereocenters. The number of hydrogen-bond acceptors (Lipinski definition) is 3. The van der Waals surface area contributed by atoms with Gasteiger partial charge in [-0.05, 0) is 24.5 Å². The fourth-order valence-electron chi connectivity index (χ4n) is 1.89. The van der Waals surface area contributed by atoms with Gasteiger partial charge in [0.1, 0.15) is 11.5 Å². The van der Waals surface area contributed by atoms with Gasteiger partial charge in [0, 0.05) is 12.1 Å². The van der Waals surface area contributed by atoms with Crippen LogP contribution in [0, 0.1) is 5.92 Å². The van der Waals surface area contributed by atoms with Crippen molar-refractivity contribution in [3.63, 3.8) is 0 Å². The van der Waals surface area contributed by atoms with Crippen LogP contribution in [0.5, 0.6) is 11.5 Å². The maximum absolute atomic E-state index is 12.4. The molecule has 1 aromatic carbocycles. The zero-order valence-corrected chi connectivity index (χ0v) is 11.7. The first-order chi connectivity index (χ1) is 8.97. The van der Waals surface area contributed by atoms with E-state index in [4.69, 9.17) is 4.74 Å². The van der Waals surface area contributed by atoms with Gasteiger partial charge in [-0.25, -0.2) is 0 Å². The fraction of sp³-hybridized carbons (Fsp3) is 0.571. The molecule has 0 aliphatic rings. The third-order valence-corrected chi connectivity index (χ3v) is 2.99. The molecule has 1 unspecified atom stereocenters. The lowest BCUT2D eigenvalue weighted by Gasteiger charge is -2.23. The highest BCUT2D eigenvalue weighted by atomic mass is 19.3. The normalized spacial score (nSPS) is 12.6. The highest BCUT2D eigenvalue weighted by Crippen LogP contribution is 2.32. The quantitative estimate of drug-likeness (QED) is 0.809. The molecular weight excluding hydrogens is 252 g/mol. The van der Waals surface area contributed by atoms with Crippen molar-refractivity contribution in [3.8, 4) is 11.5 Å². The van der Waals surface area contributed by atoms with Crippen molar-refractivity contribution >= 4 is 5.69 Å². The number of alkyl halides is 2. The second-order valence-electron chi connectivity index (χ2n) is 4.64. The smallest absolute Gasteiger partial charge is 0.387 e. The molecule has 0 bridgehead atoms. The molecule has 0 aromatic heterocycles. The molecule has 1 N–H and O–H groups in total. The summed E-state index contributed by atoms with van der Waals surface area (Å²) in [5, 5.41) is 3.24. The number of hydrogen-bond donors (Lipinski definition) is 1. The van der Waals surface area contributed by atoms with E-state index in [1.807, 2.05) is 6.92 Å². The van der Waals surface area contributed by atoms with Gasteiger partial charge in [0.05, 0.1) is 12.8 Å². The number of anilines is 1. The van der Waals surface area contributed by atoms with Crippen molar-refractivity contribution in [2.75, 3.05) is 12.4 Å². The first kappa shape index (κ1) is 15.5. The molecule has 3 nitrogen and oxygen atoms in total. The summed E-state index contributed by atoms with van der Waals surface area (Å²) in [6.45, 7) is 3.36. The van der Waals surface area contributed by atoms with Crippen LogP contribution in [0.2, 0.25) is 0 Å². The maximum Gasteiger partial charge on any atom is 0.387 e. The first-order valence-corrected chi connectivity index (χ1v) is 6.37. The minimum atomic E-state index is -2.84. The number of ether oxygens (including phenoxy) is 2. The molecule has 0 amide bonds. The van der Waals surface area contributed by atoms with Crippen LogP contribution in [0.25, 0.3) is 0 Å². The molecule has 0 saturated heterocycles. The van der Waals surface area contributed by atoms with Gasteiger partial charge in [0.15, 0.2) is 0 Å². The van der Waals surface area contributed by atoms with E-state index < -0.39 is 6.61 Å². The van der Waals surface area contributed by atoms with E-state index in [1.165, 1.54) is 13.2 Å². The van der Waals surface area contributed by atoms with Crippen LogP contribution in [0.3, 0.4) is 0 Å².